The van der Waals surface area contributed by atoms with Crippen LogP contribution in [0.2, 0.25) is 0 Å². The summed E-state index contributed by atoms with van der Waals surface area (Å²) in [6, 6.07) is 5.95. The third-order valence-corrected chi connectivity index (χ3v) is 2.84. The van der Waals surface area contributed by atoms with Gasteiger partial charge < -0.3 is 10.5 Å². The van der Waals surface area contributed by atoms with Crippen molar-refractivity contribution in [3.63, 3.8) is 0 Å². The SMILES string of the molecule is CCCc1c(N)cccc1OCC1CC1. The van der Waals surface area contributed by atoms with Crippen molar-refractivity contribution in [3.05, 3.63) is 23.8 Å². The van der Waals surface area contributed by atoms with Crippen molar-refractivity contribution in [1.82, 2.24) is 0 Å². The minimum atomic E-state index is 0.793. The summed E-state index contributed by atoms with van der Waals surface area (Å²) in [7, 11) is 0. The number of anilines is 1. The maximum absolute atomic E-state index is 5.95. The smallest absolute Gasteiger partial charge is 0.124 e. The monoisotopic (exact) mass is 205 g/mol. The first kappa shape index (κ1) is 10.3. The average molecular weight is 205 g/mol. The zero-order valence-corrected chi connectivity index (χ0v) is 9.33. The van der Waals surface area contributed by atoms with Gasteiger partial charge in [0.1, 0.15) is 5.75 Å². The lowest BCUT2D eigenvalue weighted by Crippen LogP contribution is -2.04. The molecule has 0 amide bonds. The van der Waals surface area contributed by atoms with Gasteiger partial charge in [0.15, 0.2) is 0 Å². The van der Waals surface area contributed by atoms with Crippen LogP contribution in [-0.4, -0.2) is 6.61 Å². The van der Waals surface area contributed by atoms with Gasteiger partial charge in [0.05, 0.1) is 6.61 Å². The van der Waals surface area contributed by atoms with E-state index in [1.54, 1.807) is 0 Å². The highest BCUT2D eigenvalue weighted by molar-refractivity contribution is 5.54. The largest absolute Gasteiger partial charge is 0.493 e. The summed E-state index contributed by atoms with van der Waals surface area (Å²) in [6.45, 7) is 3.03. The predicted molar refractivity (Wildman–Crippen MR) is 63.1 cm³/mol. The predicted octanol–water partition coefficient (Wildman–Crippen LogP) is 3.01. The molecule has 82 valence electrons. The van der Waals surface area contributed by atoms with Crippen LogP contribution < -0.4 is 10.5 Å². The summed E-state index contributed by atoms with van der Waals surface area (Å²) in [5.41, 5.74) is 8.00. The first-order chi connectivity index (χ1) is 7.31. The highest BCUT2D eigenvalue weighted by atomic mass is 16.5. The Kier molecular flexibility index (Phi) is 3.14. The van der Waals surface area contributed by atoms with Gasteiger partial charge in [-0.1, -0.05) is 19.4 Å². The molecule has 1 aliphatic rings. The molecule has 1 aliphatic carbocycles. The van der Waals surface area contributed by atoms with E-state index in [1.165, 1.54) is 18.4 Å². The van der Waals surface area contributed by atoms with Crippen LogP contribution in [0.25, 0.3) is 0 Å². The normalized spacial score (nSPS) is 15.3. The van der Waals surface area contributed by atoms with Crippen LogP contribution in [-0.2, 0) is 6.42 Å². The number of ether oxygens (including phenoxy) is 1. The molecule has 15 heavy (non-hydrogen) atoms. The Hall–Kier alpha value is -1.18. The third-order valence-electron chi connectivity index (χ3n) is 2.84. The summed E-state index contributed by atoms with van der Waals surface area (Å²) in [5.74, 6) is 1.78. The Morgan fingerprint density at radius 2 is 2.20 bits per heavy atom. The van der Waals surface area contributed by atoms with Crippen molar-refractivity contribution >= 4 is 5.69 Å². The molecule has 0 spiro atoms. The van der Waals surface area contributed by atoms with Gasteiger partial charge in [0.2, 0.25) is 0 Å². The number of benzene rings is 1. The Morgan fingerprint density at radius 3 is 2.87 bits per heavy atom. The summed E-state index contributed by atoms with van der Waals surface area (Å²) >= 11 is 0. The van der Waals surface area contributed by atoms with Crippen molar-refractivity contribution in [2.24, 2.45) is 5.92 Å². The van der Waals surface area contributed by atoms with E-state index in [0.717, 1.165) is 36.8 Å². The number of nitrogens with two attached hydrogens (primary N) is 1. The van der Waals surface area contributed by atoms with Gasteiger partial charge in [0.25, 0.3) is 0 Å². The van der Waals surface area contributed by atoms with E-state index >= 15 is 0 Å². The van der Waals surface area contributed by atoms with E-state index in [-0.39, 0.29) is 0 Å². The zero-order valence-electron chi connectivity index (χ0n) is 9.33. The van der Waals surface area contributed by atoms with Crippen molar-refractivity contribution in [1.29, 1.82) is 0 Å². The Morgan fingerprint density at radius 1 is 1.40 bits per heavy atom. The molecule has 0 radical (unpaired) electrons. The molecule has 2 heteroatoms. The van der Waals surface area contributed by atoms with Gasteiger partial charge in [0, 0.05) is 11.3 Å². The topological polar surface area (TPSA) is 35.2 Å². The van der Waals surface area contributed by atoms with Crippen molar-refractivity contribution in [3.8, 4) is 5.75 Å². The van der Waals surface area contributed by atoms with E-state index < -0.39 is 0 Å². The van der Waals surface area contributed by atoms with Crippen LogP contribution in [0.1, 0.15) is 31.7 Å². The third kappa shape index (κ3) is 2.65. The fourth-order valence-electron chi connectivity index (χ4n) is 1.73. The first-order valence-electron chi connectivity index (χ1n) is 5.81. The maximum atomic E-state index is 5.95. The lowest BCUT2D eigenvalue weighted by atomic mass is 10.1. The Labute approximate surface area is 91.4 Å². The van der Waals surface area contributed by atoms with Crippen LogP contribution in [0, 0.1) is 5.92 Å². The number of rotatable bonds is 5. The van der Waals surface area contributed by atoms with Crippen molar-refractivity contribution in [2.45, 2.75) is 32.6 Å². The number of hydrogen-bond donors (Lipinski definition) is 1. The number of hydrogen-bond acceptors (Lipinski definition) is 2. The Bertz CT molecular complexity index is 331. The van der Waals surface area contributed by atoms with Gasteiger partial charge in [-0.2, -0.15) is 0 Å². The molecule has 0 heterocycles. The van der Waals surface area contributed by atoms with Crippen LogP contribution in [0.5, 0.6) is 5.75 Å². The highest BCUT2D eigenvalue weighted by Crippen LogP contribution is 2.31. The molecule has 2 N–H and O–H groups in total. The molecule has 1 saturated carbocycles. The minimum Gasteiger partial charge on any atom is -0.493 e. The molecule has 1 aromatic carbocycles. The minimum absolute atomic E-state index is 0.793. The lowest BCUT2D eigenvalue weighted by Gasteiger charge is -2.12. The molecule has 0 atom stereocenters. The van der Waals surface area contributed by atoms with Crippen LogP contribution in [0.4, 0.5) is 5.69 Å². The molecular weight excluding hydrogens is 186 g/mol. The second-order valence-corrected chi connectivity index (χ2v) is 4.33. The molecule has 0 bridgehead atoms. The second kappa shape index (κ2) is 4.56. The lowest BCUT2D eigenvalue weighted by molar-refractivity contribution is 0.297. The van der Waals surface area contributed by atoms with Crippen LogP contribution >= 0.6 is 0 Å². The molecule has 0 unspecified atom stereocenters. The maximum Gasteiger partial charge on any atom is 0.124 e. The molecule has 0 aromatic heterocycles. The summed E-state index contributed by atoms with van der Waals surface area (Å²) in [4.78, 5) is 0. The van der Waals surface area contributed by atoms with E-state index in [0.29, 0.717) is 0 Å². The Balaban J connectivity index is 2.08. The molecule has 0 saturated heterocycles. The van der Waals surface area contributed by atoms with E-state index in [9.17, 15) is 0 Å². The van der Waals surface area contributed by atoms with Crippen LogP contribution in [0.15, 0.2) is 18.2 Å². The molecule has 1 fully saturated rings. The standard InChI is InChI=1S/C13H19NO/c1-2-4-11-12(14)5-3-6-13(11)15-9-10-7-8-10/h3,5-6,10H,2,4,7-9,14H2,1H3. The van der Waals surface area contributed by atoms with Crippen molar-refractivity contribution < 1.29 is 4.74 Å². The summed E-state index contributed by atoms with van der Waals surface area (Å²) in [6.07, 6.45) is 4.76. The molecule has 0 aliphatic heterocycles. The molecule has 2 rings (SSSR count). The van der Waals surface area contributed by atoms with Crippen molar-refractivity contribution in [2.75, 3.05) is 12.3 Å². The van der Waals surface area contributed by atoms with Crippen LogP contribution in [0.3, 0.4) is 0 Å². The fourth-order valence-corrected chi connectivity index (χ4v) is 1.73. The molecule has 1 aromatic rings. The van der Waals surface area contributed by atoms with E-state index in [4.69, 9.17) is 10.5 Å². The van der Waals surface area contributed by atoms with E-state index in [1.807, 2.05) is 18.2 Å². The van der Waals surface area contributed by atoms with Gasteiger partial charge in [-0.05, 0) is 37.3 Å². The molecule has 2 nitrogen and oxygen atoms in total. The van der Waals surface area contributed by atoms with Gasteiger partial charge in [-0.25, -0.2) is 0 Å². The van der Waals surface area contributed by atoms with Gasteiger partial charge >= 0.3 is 0 Å². The zero-order chi connectivity index (χ0) is 10.7. The quantitative estimate of drug-likeness (QED) is 0.750. The highest BCUT2D eigenvalue weighted by Gasteiger charge is 2.22. The van der Waals surface area contributed by atoms with Gasteiger partial charge in [-0.3, -0.25) is 0 Å². The summed E-state index contributed by atoms with van der Waals surface area (Å²) in [5, 5.41) is 0. The average Bonchev–Trinajstić information content (AvgIpc) is 3.03. The van der Waals surface area contributed by atoms with E-state index in [2.05, 4.69) is 6.92 Å². The summed E-state index contributed by atoms with van der Waals surface area (Å²) < 4.78 is 5.81. The first-order valence-corrected chi connectivity index (χ1v) is 5.81. The van der Waals surface area contributed by atoms with Gasteiger partial charge in [-0.15, -0.1) is 0 Å². The molecular formula is C13H19NO. The fraction of sp³-hybridized carbons (Fsp3) is 0.538. The number of nitrogen functional groups attached to an aromatic ring is 1. The second-order valence-electron chi connectivity index (χ2n) is 4.33.